The number of guanidine groups is 1. The minimum absolute atomic E-state index is 0.466. The van der Waals surface area contributed by atoms with Gasteiger partial charge in [-0.2, -0.15) is 0 Å². The smallest absolute Gasteiger partial charge is 0.226 e. The summed E-state index contributed by atoms with van der Waals surface area (Å²) >= 11 is 1.79. The molecule has 3 rings (SSSR count). The van der Waals surface area contributed by atoms with Gasteiger partial charge in [0.05, 0.1) is 13.1 Å². The zero-order chi connectivity index (χ0) is 18.4. The van der Waals surface area contributed by atoms with Gasteiger partial charge in [-0.3, -0.25) is 0 Å². The molecule has 0 saturated carbocycles. The number of nitrogens with zero attached hydrogens (tertiary/aromatic N) is 2. The van der Waals surface area contributed by atoms with Crippen molar-refractivity contribution in [1.82, 2.24) is 15.6 Å². The molecule has 0 aliphatic heterocycles. The molecule has 5 nitrogen and oxygen atoms in total. The molecule has 0 fully saturated rings. The number of hydrogen-bond acceptors (Lipinski definition) is 4. The van der Waals surface area contributed by atoms with Gasteiger partial charge in [0, 0.05) is 21.9 Å². The van der Waals surface area contributed by atoms with Crippen LogP contribution in [0.15, 0.2) is 52.1 Å². The number of oxazole rings is 1. The van der Waals surface area contributed by atoms with Crippen molar-refractivity contribution < 1.29 is 4.42 Å². The topological polar surface area (TPSA) is 62.5 Å². The average Bonchev–Trinajstić information content (AvgIpc) is 3.27. The molecule has 3 aromatic rings. The van der Waals surface area contributed by atoms with Gasteiger partial charge in [-0.1, -0.05) is 17.7 Å². The molecular weight excluding hydrogens is 344 g/mol. The molecule has 26 heavy (non-hydrogen) atoms. The summed E-state index contributed by atoms with van der Waals surface area (Å²) in [5.41, 5.74) is 3.00. The van der Waals surface area contributed by atoms with Crippen LogP contribution in [-0.4, -0.2) is 17.5 Å². The van der Waals surface area contributed by atoms with Crippen molar-refractivity contribution in [1.29, 1.82) is 0 Å². The second kappa shape index (κ2) is 8.67. The molecule has 2 aromatic heterocycles. The number of aliphatic imine (C=N–C) groups is 1. The molecule has 0 unspecified atom stereocenters. The summed E-state index contributed by atoms with van der Waals surface area (Å²) in [5.74, 6) is 1.40. The number of benzene rings is 1. The van der Waals surface area contributed by atoms with Crippen molar-refractivity contribution in [2.75, 3.05) is 6.54 Å². The number of hydrogen-bond donors (Lipinski definition) is 2. The first kappa shape index (κ1) is 18.2. The lowest BCUT2D eigenvalue weighted by Gasteiger charge is -2.09. The van der Waals surface area contributed by atoms with E-state index in [1.165, 1.54) is 15.3 Å². The van der Waals surface area contributed by atoms with E-state index in [4.69, 9.17) is 4.42 Å². The van der Waals surface area contributed by atoms with Gasteiger partial charge in [0.15, 0.2) is 5.96 Å². The first-order valence-corrected chi connectivity index (χ1v) is 9.54. The Morgan fingerprint density at radius 2 is 1.92 bits per heavy atom. The maximum Gasteiger partial charge on any atom is 0.226 e. The van der Waals surface area contributed by atoms with Crippen LogP contribution in [0.25, 0.3) is 11.5 Å². The highest BCUT2D eigenvalue weighted by molar-refractivity contribution is 7.11. The quantitative estimate of drug-likeness (QED) is 0.504. The first-order valence-electron chi connectivity index (χ1n) is 8.73. The molecule has 0 aliphatic rings. The summed E-state index contributed by atoms with van der Waals surface area (Å²) in [6, 6.07) is 12.4. The number of aryl methyl sites for hydroxylation is 2. The molecule has 0 atom stereocenters. The third kappa shape index (κ3) is 4.95. The maximum absolute atomic E-state index is 5.60. The number of thiophene rings is 1. The Labute approximate surface area is 158 Å². The molecule has 2 heterocycles. The lowest BCUT2D eigenvalue weighted by molar-refractivity contribution is 0.572. The molecule has 0 spiro atoms. The zero-order valence-electron chi connectivity index (χ0n) is 15.4. The standard InChI is InChI=1S/C20H24N4OS/c1-4-21-20(23-12-18-10-7-15(3)26-18)22-11-17-13-25-19(24-17)16-8-5-14(2)6-9-16/h5-10,13H,4,11-12H2,1-3H3,(H2,21,22,23). The van der Waals surface area contributed by atoms with Gasteiger partial charge in [0.1, 0.15) is 12.0 Å². The summed E-state index contributed by atoms with van der Waals surface area (Å²) in [6.45, 7) is 8.27. The molecule has 0 bridgehead atoms. The van der Waals surface area contributed by atoms with Crippen LogP contribution in [0.2, 0.25) is 0 Å². The Balaban J connectivity index is 1.62. The highest BCUT2D eigenvalue weighted by atomic mass is 32.1. The van der Waals surface area contributed by atoms with Crippen LogP contribution < -0.4 is 10.6 Å². The lowest BCUT2D eigenvalue weighted by Crippen LogP contribution is -2.36. The van der Waals surface area contributed by atoms with E-state index in [-0.39, 0.29) is 0 Å². The summed E-state index contributed by atoms with van der Waals surface area (Å²) in [6.07, 6.45) is 1.67. The number of rotatable bonds is 6. The molecule has 0 amide bonds. The molecule has 136 valence electrons. The van der Waals surface area contributed by atoms with Crippen molar-refractivity contribution >= 4 is 17.3 Å². The fraction of sp³-hybridized carbons (Fsp3) is 0.300. The van der Waals surface area contributed by atoms with Crippen molar-refractivity contribution in [3.8, 4) is 11.5 Å². The summed E-state index contributed by atoms with van der Waals surface area (Å²) < 4.78 is 5.60. The molecule has 2 N–H and O–H groups in total. The minimum atomic E-state index is 0.466. The number of aromatic nitrogens is 1. The van der Waals surface area contributed by atoms with Crippen molar-refractivity contribution in [3.63, 3.8) is 0 Å². The first-order chi connectivity index (χ1) is 12.6. The van der Waals surface area contributed by atoms with Crippen molar-refractivity contribution in [3.05, 3.63) is 63.7 Å². The normalized spacial score (nSPS) is 11.6. The second-order valence-corrected chi connectivity index (χ2v) is 7.44. The highest BCUT2D eigenvalue weighted by Gasteiger charge is 2.07. The van der Waals surface area contributed by atoms with Crippen molar-refractivity contribution in [2.24, 2.45) is 4.99 Å². The van der Waals surface area contributed by atoms with E-state index in [0.29, 0.717) is 12.4 Å². The van der Waals surface area contributed by atoms with Gasteiger partial charge in [-0.25, -0.2) is 9.98 Å². The Morgan fingerprint density at radius 1 is 1.12 bits per heavy atom. The van der Waals surface area contributed by atoms with Crippen LogP contribution in [0.4, 0.5) is 0 Å². The zero-order valence-corrected chi connectivity index (χ0v) is 16.2. The van der Waals surface area contributed by atoms with E-state index < -0.39 is 0 Å². The fourth-order valence-corrected chi connectivity index (χ4v) is 3.29. The third-order valence-electron chi connectivity index (χ3n) is 3.82. The van der Waals surface area contributed by atoms with Gasteiger partial charge >= 0.3 is 0 Å². The van der Waals surface area contributed by atoms with Crippen LogP contribution in [0.5, 0.6) is 0 Å². The van der Waals surface area contributed by atoms with Crippen LogP contribution in [-0.2, 0) is 13.1 Å². The Kier molecular flexibility index (Phi) is 6.07. The largest absolute Gasteiger partial charge is 0.444 e. The van der Waals surface area contributed by atoms with E-state index in [2.05, 4.69) is 65.6 Å². The van der Waals surface area contributed by atoms with Gasteiger partial charge < -0.3 is 15.1 Å². The van der Waals surface area contributed by atoms with Gasteiger partial charge in [0.2, 0.25) is 5.89 Å². The predicted molar refractivity (Wildman–Crippen MR) is 107 cm³/mol. The monoisotopic (exact) mass is 368 g/mol. The second-order valence-electron chi connectivity index (χ2n) is 6.07. The SMILES string of the molecule is CCNC(=NCc1coc(-c2ccc(C)cc2)n1)NCc1ccc(C)s1. The van der Waals surface area contributed by atoms with Gasteiger partial charge in [-0.05, 0) is 45.0 Å². The molecule has 0 aliphatic carbocycles. The van der Waals surface area contributed by atoms with E-state index in [0.717, 1.165) is 30.3 Å². The van der Waals surface area contributed by atoms with Gasteiger partial charge in [-0.15, -0.1) is 11.3 Å². The minimum Gasteiger partial charge on any atom is -0.444 e. The Hall–Kier alpha value is -2.60. The average molecular weight is 369 g/mol. The molecule has 1 aromatic carbocycles. The van der Waals surface area contributed by atoms with E-state index in [1.54, 1.807) is 17.6 Å². The van der Waals surface area contributed by atoms with E-state index in [9.17, 15) is 0 Å². The summed E-state index contributed by atoms with van der Waals surface area (Å²) in [5, 5.41) is 6.62. The Bertz CT molecular complexity index is 864. The van der Waals surface area contributed by atoms with Crippen molar-refractivity contribution in [2.45, 2.75) is 33.9 Å². The molecule has 6 heteroatoms. The maximum atomic E-state index is 5.60. The molecular formula is C20H24N4OS. The molecule has 0 radical (unpaired) electrons. The van der Waals surface area contributed by atoms with Crippen LogP contribution in [0, 0.1) is 13.8 Å². The number of nitrogens with one attached hydrogen (secondary N) is 2. The van der Waals surface area contributed by atoms with Crippen LogP contribution in [0.1, 0.15) is 27.9 Å². The summed E-state index contributed by atoms with van der Waals surface area (Å²) in [7, 11) is 0. The fourth-order valence-electron chi connectivity index (χ4n) is 2.46. The van der Waals surface area contributed by atoms with Crippen LogP contribution >= 0.6 is 11.3 Å². The van der Waals surface area contributed by atoms with E-state index >= 15 is 0 Å². The van der Waals surface area contributed by atoms with Gasteiger partial charge in [0.25, 0.3) is 0 Å². The van der Waals surface area contributed by atoms with Crippen LogP contribution in [0.3, 0.4) is 0 Å². The highest BCUT2D eigenvalue weighted by Crippen LogP contribution is 2.19. The Morgan fingerprint density at radius 3 is 2.62 bits per heavy atom. The third-order valence-corrected chi connectivity index (χ3v) is 4.82. The predicted octanol–water partition coefficient (Wildman–Crippen LogP) is 4.28. The summed E-state index contributed by atoms with van der Waals surface area (Å²) in [4.78, 5) is 11.7. The molecule has 0 saturated heterocycles. The lowest BCUT2D eigenvalue weighted by atomic mass is 10.1. The van der Waals surface area contributed by atoms with E-state index in [1.807, 2.05) is 12.1 Å².